The quantitative estimate of drug-likeness (QED) is 0.181. The zero-order chi connectivity index (χ0) is 18.1. The van der Waals surface area contributed by atoms with E-state index in [4.69, 9.17) is 0 Å². The Labute approximate surface area is 153 Å². The Morgan fingerprint density at radius 1 is 0.750 bits per heavy atom. The van der Waals surface area contributed by atoms with E-state index in [0.29, 0.717) is 6.42 Å². The number of hydrogen-bond donors (Lipinski definition) is 1. The van der Waals surface area contributed by atoms with Gasteiger partial charge in [-0.15, -0.1) is 0 Å². The lowest BCUT2D eigenvalue weighted by molar-refractivity contribution is -0.119. The van der Waals surface area contributed by atoms with E-state index >= 15 is 0 Å². The van der Waals surface area contributed by atoms with Crippen LogP contribution < -0.4 is 4.98 Å². The largest absolute Gasteiger partial charge is 0.382 e. The average Bonchev–Trinajstić information content (AvgIpc) is 2.49. The van der Waals surface area contributed by atoms with Gasteiger partial charge in [-0.3, -0.25) is 4.79 Å². The Morgan fingerprint density at radius 3 is 1.71 bits per heavy atom. The van der Waals surface area contributed by atoms with E-state index in [0.717, 1.165) is 6.42 Å². The van der Waals surface area contributed by atoms with Gasteiger partial charge in [0.15, 0.2) is 0 Å². The summed E-state index contributed by atoms with van der Waals surface area (Å²) in [5, 5.41) is 0. The van der Waals surface area contributed by atoms with Crippen LogP contribution in [0.4, 0.5) is 0 Å². The van der Waals surface area contributed by atoms with E-state index in [1.54, 1.807) is 0 Å². The summed E-state index contributed by atoms with van der Waals surface area (Å²) >= 11 is 0. The summed E-state index contributed by atoms with van der Waals surface area (Å²) in [5.74, 6) is 0.256. The zero-order valence-corrected chi connectivity index (χ0v) is 18.0. The molecule has 0 fully saturated rings. The molecule has 142 valence electrons. The van der Waals surface area contributed by atoms with Crippen LogP contribution >= 0.6 is 0 Å². The predicted molar refractivity (Wildman–Crippen MR) is 111 cm³/mol. The number of allylic oxidation sites excluding steroid dienone is 2. The van der Waals surface area contributed by atoms with Crippen LogP contribution in [0.5, 0.6) is 0 Å². The Hall–Kier alpha value is -0.573. The lowest BCUT2D eigenvalue weighted by Gasteiger charge is -2.17. The van der Waals surface area contributed by atoms with Gasteiger partial charge >= 0.3 is 0 Å². The van der Waals surface area contributed by atoms with Crippen molar-refractivity contribution in [2.24, 2.45) is 0 Å². The fraction of sp³-hybridized carbons (Fsp3) is 0.857. The van der Waals surface area contributed by atoms with Crippen molar-refractivity contribution in [1.82, 2.24) is 4.98 Å². The maximum absolute atomic E-state index is 11.7. The number of carbonyl (C=O) groups excluding carboxylic acids is 1. The van der Waals surface area contributed by atoms with Crippen LogP contribution in [0.15, 0.2) is 12.2 Å². The molecule has 0 aliphatic carbocycles. The normalized spacial score (nSPS) is 12.0. The van der Waals surface area contributed by atoms with Crippen LogP contribution in [-0.4, -0.2) is 14.1 Å². The average molecular weight is 354 g/mol. The molecular formula is C21H43NOSi. The first-order valence-corrected chi connectivity index (χ1v) is 13.9. The molecule has 0 saturated heterocycles. The summed E-state index contributed by atoms with van der Waals surface area (Å²) in [6.45, 7) is 8.79. The number of carbonyl (C=O) groups is 1. The Balaban J connectivity index is 3.25. The van der Waals surface area contributed by atoms with Crippen molar-refractivity contribution in [3.8, 4) is 0 Å². The molecule has 0 aromatic rings. The molecule has 0 radical (unpaired) electrons. The first-order valence-electron chi connectivity index (χ1n) is 10.4. The van der Waals surface area contributed by atoms with Crippen molar-refractivity contribution in [3.63, 3.8) is 0 Å². The molecule has 0 heterocycles. The molecule has 0 rings (SSSR count). The first kappa shape index (κ1) is 23.4. The molecule has 0 spiro atoms. The summed E-state index contributed by atoms with van der Waals surface area (Å²) in [6.07, 6.45) is 22.4. The third kappa shape index (κ3) is 19.5. The molecule has 0 aromatic heterocycles. The number of nitrogens with one attached hydrogen (secondary N) is 1. The van der Waals surface area contributed by atoms with Gasteiger partial charge in [-0.2, -0.15) is 0 Å². The summed E-state index contributed by atoms with van der Waals surface area (Å²) in [5.41, 5.74) is 0. The van der Waals surface area contributed by atoms with Crippen LogP contribution in [0.2, 0.25) is 19.6 Å². The Morgan fingerprint density at radius 2 is 1.21 bits per heavy atom. The minimum atomic E-state index is -1.44. The van der Waals surface area contributed by atoms with Gasteiger partial charge in [-0.1, -0.05) is 90.1 Å². The second-order valence-corrected chi connectivity index (χ2v) is 12.9. The Bertz CT molecular complexity index is 320. The molecule has 1 N–H and O–H groups in total. The molecule has 0 bridgehead atoms. The van der Waals surface area contributed by atoms with E-state index in [-0.39, 0.29) is 5.91 Å². The standard InChI is InChI=1S/C21H43NOSi/c1-5-6-7-8-9-10-11-12-13-14-15-16-17-18-19-20-21(23)22-24(2,3)4/h12-13H,5-11,14-20H2,1-4H3,(H,22,23). The highest BCUT2D eigenvalue weighted by Crippen LogP contribution is 2.10. The molecule has 0 aliphatic heterocycles. The molecule has 0 aliphatic rings. The van der Waals surface area contributed by atoms with Crippen LogP contribution in [-0.2, 0) is 4.79 Å². The smallest absolute Gasteiger partial charge is 0.212 e. The minimum absolute atomic E-state index is 0.256. The van der Waals surface area contributed by atoms with E-state index in [2.05, 4.69) is 43.7 Å². The molecule has 0 atom stereocenters. The predicted octanol–water partition coefficient (Wildman–Crippen LogP) is 6.98. The summed E-state index contributed by atoms with van der Waals surface area (Å²) in [4.78, 5) is 14.9. The van der Waals surface area contributed by atoms with Crippen molar-refractivity contribution in [3.05, 3.63) is 12.2 Å². The van der Waals surface area contributed by atoms with Crippen molar-refractivity contribution < 1.29 is 4.79 Å². The molecule has 24 heavy (non-hydrogen) atoms. The van der Waals surface area contributed by atoms with Gasteiger partial charge in [0.25, 0.3) is 0 Å². The molecule has 1 amide bonds. The van der Waals surface area contributed by atoms with Gasteiger partial charge in [0.05, 0.1) is 0 Å². The minimum Gasteiger partial charge on any atom is -0.382 e. The topological polar surface area (TPSA) is 29.1 Å². The molecule has 2 nitrogen and oxygen atoms in total. The lowest BCUT2D eigenvalue weighted by Crippen LogP contribution is -2.45. The molecular weight excluding hydrogens is 310 g/mol. The lowest BCUT2D eigenvalue weighted by atomic mass is 10.1. The Kier molecular flexibility index (Phi) is 15.5. The van der Waals surface area contributed by atoms with E-state index in [9.17, 15) is 4.79 Å². The van der Waals surface area contributed by atoms with Gasteiger partial charge in [-0.25, -0.2) is 0 Å². The second-order valence-electron chi connectivity index (χ2n) is 8.13. The van der Waals surface area contributed by atoms with Crippen molar-refractivity contribution in [2.45, 2.75) is 116 Å². The summed E-state index contributed by atoms with van der Waals surface area (Å²) in [7, 11) is -1.44. The number of amides is 1. The van der Waals surface area contributed by atoms with Crippen LogP contribution in [0.3, 0.4) is 0 Å². The maximum atomic E-state index is 11.7. The van der Waals surface area contributed by atoms with Gasteiger partial charge in [0.1, 0.15) is 8.24 Å². The van der Waals surface area contributed by atoms with Gasteiger partial charge in [0, 0.05) is 6.42 Å². The van der Waals surface area contributed by atoms with Crippen LogP contribution in [0.1, 0.15) is 96.8 Å². The first-order chi connectivity index (χ1) is 11.5. The third-order valence-corrected chi connectivity index (χ3v) is 5.21. The molecule has 0 unspecified atom stereocenters. The maximum Gasteiger partial charge on any atom is 0.212 e. The fourth-order valence-electron chi connectivity index (χ4n) is 2.84. The van der Waals surface area contributed by atoms with Gasteiger partial charge in [-0.05, 0) is 32.1 Å². The molecule has 0 saturated carbocycles. The molecule has 3 heteroatoms. The van der Waals surface area contributed by atoms with Gasteiger partial charge < -0.3 is 4.98 Å². The zero-order valence-electron chi connectivity index (χ0n) is 17.0. The highest BCUT2D eigenvalue weighted by molar-refractivity contribution is 6.75. The van der Waals surface area contributed by atoms with E-state index < -0.39 is 8.24 Å². The fourth-order valence-corrected chi connectivity index (χ4v) is 3.80. The highest BCUT2D eigenvalue weighted by Gasteiger charge is 2.15. The highest BCUT2D eigenvalue weighted by atomic mass is 28.3. The third-order valence-electron chi connectivity index (χ3n) is 4.18. The van der Waals surface area contributed by atoms with E-state index in [1.165, 1.54) is 77.0 Å². The summed E-state index contributed by atoms with van der Waals surface area (Å²) < 4.78 is 0. The SMILES string of the molecule is CCCCCCCCC=CCCCCCCCC(=O)N[Si](C)(C)C. The summed E-state index contributed by atoms with van der Waals surface area (Å²) in [6, 6.07) is 0. The van der Waals surface area contributed by atoms with Crippen molar-refractivity contribution in [2.75, 3.05) is 0 Å². The number of rotatable bonds is 16. The number of unbranched alkanes of at least 4 members (excludes halogenated alkanes) is 11. The van der Waals surface area contributed by atoms with Crippen LogP contribution in [0.25, 0.3) is 0 Å². The van der Waals surface area contributed by atoms with Crippen molar-refractivity contribution in [1.29, 1.82) is 0 Å². The molecule has 0 aromatic carbocycles. The van der Waals surface area contributed by atoms with Crippen molar-refractivity contribution >= 4 is 14.1 Å². The van der Waals surface area contributed by atoms with Gasteiger partial charge in [0.2, 0.25) is 5.91 Å². The number of hydrogen-bond acceptors (Lipinski definition) is 1. The van der Waals surface area contributed by atoms with Crippen LogP contribution in [0, 0.1) is 0 Å². The monoisotopic (exact) mass is 353 g/mol. The second kappa shape index (κ2) is 15.9. The van der Waals surface area contributed by atoms with E-state index in [1.807, 2.05) is 0 Å².